The molecular weight excluding hydrogens is 556 g/mol. The maximum absolute atomic E-state index is 12.6. The van der Waals surface area contributed by atoms with Gasteiger partial charge in [-0.05, 0) is 88.2 Å². The molecule has 0 radical (unpaired) electrons. The Morgan fingerprint density at radius 1 is 1.17 bits per heavy atom. The van der Waals surface area contributed by atoms with Gasteiger partial charge in [-0.15, -0.1) is 11.3 Å². The van der Waals surface area contributed by atoms with Crippen LogP contribution in [0, 0.1) is 6.92 Å². The van der Waals surface area contributed by atoms with Crippen LogP contribution in [0.3, 0.4) is 0 Å². The molecule has 1 aliphatic rings. The molecule has 5 aromatic rings. The largest absolute Gasteiger partial charge is 0.479 e. The Kier molecular flexibility index (Phi) is 7.14. The van der Waals surface area contributed by atoms with E-state index >= 15 is 0 Å². The Balaban J connectivity index is 1.57. The summed E-state index contributed by atoms with van der Waals surface area (Å²) < 4.78 is 9.02. The normalized spacial score (nSPS) is 16.6. The number of benzene rings is 3. The molecule has 9 heteroatoms. The molecule has 212 valence electrons. The highest BCUT2D eigenvalue weighted by atomic mass is 35.5. The van der Waals surface area contributed by atoms with E-state index in [1.807, 2.05) is 69.8 Å². The number of aliphatic carboxylic acids is 1. The highest BCUT2D eigenvalue weighted by molar-refractivity contribution is 7.22. The van der Waals surface area contributed by atoms with Gasteiger partial charge in [-0.25, -0.2) is 9.78 Å². The van der Waals surface area contributed by atoms with Gasteiger partial charge in [0, 0.05) is 46.6 Å². The minimum atomic E-state index is -1.15. The molecule has 1 saturated heterocycles. The molecule has 2 aromatic heterocycles. The van der Waals surface area contributed by atoms with Crippen molar-refractivity contribution in [3.05, 3.63) is 70.4 Å². The number of carboxylic acid groups (broad SMARTS) is 1. The summed E-state index contributed by atoms with van der Waals surface area (Å²) in [5, 5.41) is 21.3. The highest BCUT2D eigenvalue weighted by Gasteiger charge is 2.32. The van der Waals surface area contributed by atoms with Crippen LogP contribution >= 0.6 is 22.9 Å². The lowest BCUT2D eigenvalue weighted by atomic mass is 9.91. The van der Waals surface area contributed by atoms with Crippen LogP contribution in [-0.4, -0.2) is 44.5 Å². The number of aromatic nitrogens is 3. The topological polar surface area (TPSA) is 89.3 Å². The zero-order valence-corrected chi connectivity index (χ0v) is 25.4. The van der Waals surface area contributed by atoms with Crippen LogP contribution in [0.2, 0.25) is 5.02 Å². The first-order chi connectivity index (χ1) is 19.5. The van der Waals surface area contributed by atoms with Crippen LogP contribution in [0.25, 0.3) is 42.8 Å². The number of hydrogen-bond donors (Lipinski definition) is 2. The maximum atomic E-state index is 12.6. The van der Waals surface area contributed by atoms with E-state index < -0.39 is 17.7 Å². The molecule has 0 bridgehead atoms. The molecule has 1 unspecified atom stereocenters. The molecular formula is C32H33ClN4O3S. The zero-order valence-electron chi connectivity index (χ0n) is 23.8. The minimum absolute atomic E-state index is 0.391. The van der Waals surface area contributed by atoms with Gasteiger partial charge in [0.2, 0.25) is 0 Å². The lowest BCUT2D eigenvalue weighted by Gasteiger charge is -2.28. The van der Waals surface area contributed by atoms with Crippen LogP contribution in [-0.2, 0) is 16.6 Å². The molecule has 0 aliphatic carbocycles. The van der Waals surface area contributed by atoms with E-state index in [-0.39, 0.29) is 0 Å². The molecule has 0 amide bonds. The summed E-state index contributed by atoms with van der Waals surface area (Å²) in [5.74, 6) is -0.639. The average molecular weight is 589 g/mol. The number of nitrogens with zero attached hydrogens (tertiary/aromatic N) is 3. The Bertz CT molecular complexity index is 1780. The third kappa shape index (κ3) is 5.26. The van der Waals surface area contributed by atoms with E-state index in [1.54, 1.807) is 11.3 Å². The highest BCUT2D eigenvalue weighted by Crippen LogP contribution is 2.45. The van der Waals surface area contributed by atoms with E-state index in [0.29, 0.717) is 16.5 Å². The molecule has 6 rings (SSSR count). The fourth-order valence-corrected chi connectivity index (χ4v) is 7.02. The molecule has 0 saturated carbocycles. The summed E-state index contributed by atoms with van der Waals surface area (Å²) in [6.45, 7) is 9.48. The number of ether oxygens (including phenoxy) is 1. The van der Waals surface area contributed by atoms with E-state index in [9.17, 15) is 9.90 Å². The summed E-state index contributed by atoms with van der Waals surface area (Å²) in [4.78, 5) is 17.7. The van der Waals surface area contributed by atoms with E-state index in [2.05, 4.69) is 23.5 Å². The maximum Gasteiger partial charge on any atom is 0.337 e. The first kappa shape index (κ1) is 27.8. The summed E-state index contributed by atoms with van der Waals surface area (Å²) in [7, 11) is 1.99. The van der Waals surface area contributed by atoms with Gasteiger partial charge in [0.05, 0.1) is 27.0 Å². The Labute approximate surface area is 248 Å². The molecule has 0 spiro atoms. The predicted octanol–water partition coefficient (Wildman–Crippen LogP) is 7.50. The van der Waals surface area contributed by atoms with E-state index in [0.717, 1.165) is 73.6 Å². The number of halogens is 1. The van der Waals surface area contributed by atoms with Crippen LogP contribution in [0.1, 0.15) is 56.0 Å². The molecule has 2 atom stereocenters. The van der Waals surface area contributed by atoms with Crippen molar-refractivity contribution in [3.63, 3.8) is 0 Å². The van der Waals surface area contributed by atoms with Crippen LogP contribution in [0.5, 0.6) is 0 Å². The van der Waals surface area contributed by atoms with Crippen molar-refractivity contribution in [2.24, 2.45) is 7.05 Å². The second kappa shape index (κ2) is 10.5. The molecule has 1 aliphatic heterocycles. The van der Waals surface area contributed by atoms with Gasteiger partial charge >= 0.3 is 5.97 Å². The number of carboxylic acids is 1. The number of hydrogen-bond acceptors (Lipinski definition) is 6. The van der Waals surface area contributed by atoms with Gasteiger partial charge in [-0.2, -0.15) is 5.10 Å². The number of fused-ring (bicyclic) bond motifs is 2. The summed E-state index contributed by atoms with van der Waals surface area (Å²) in [6.07, 6.45) is -0.0734. The van der Waals surface area contributed by atoms with Crippen molar-refractivity contribution in [1.82, 2.24) is 20.1 Å². The fraction of sp³-hybridized carbons (Fsp3) is 0.344. The van der Waals surface area contributed by atoms with Crippen molar-refractivity contribution >= 4 is 50.0 Å². The third-order valence-corrected chi connectivity index (χ3v) is 8.98. The van der Waals surface area contributed by atoms with Gasteiger partial charge in [0.1, 0.15) is 5.01 Å². The second-order valence-electron chi connectivity index (χ2n) is 11.7. The lowest BCUT2D eigenvalue weighted by molar-refractivity contribution is -0.160. The zero-order chi connectivity index (χ0) is 29.1. The smallest absolute Gasteiger partial charge is 0.337 e. The van der Waals surface area contributed by atoms with Crippen LogP contribution in [0.4, 0.5) is 0 Å². The van der Waals surface area contributed by atoms with E-state index in [4.69, 9.17) is 26.4 Å². The Hall–Kier alpha value is -3.30. The van der Waals surface area contributed by atoms with Crippen molar-refractivity contribution in [2.75, 3.05) is 13.1 Å². The summed E-state index contributed by atoms with van der Waals surface area (Å²) >= 11 is 7.81. The molecule has 3 heterocycles. The van der Waals surface area contributed by atoms with Crippen LogP contribution in [0.15, 0.2) is 48.5 Å². The molecule has 1 fully saturated rings. The van der Waals surface area contributed by atoms with E-state index in [1.165, 1.54) is 0 Å². The van der Waals surface area contributed by atoms with Crippen molar-refractivity contribution in [2.45, 2.75) is 51.7 Å². The average Bonchev–Trinajstić information content (AvgIpc) is 3.66. The van der Waals surface area contributed by atoms with Gasteiger partial charge in [-0.1, -0.05) is 23.7 Å². The SMILES string of the molecule is Cc1cc2nc(-c3ccc4c(c3)c(C3CCNC3)nn4C)sc2c(-c2ccc(Cl)cc2)c1[C@H](OC(C)(C)C)C(=O)O. The minimum Gasteiger partial charge on any atom is -0.479 e. The van der Waals surface area contributed by atoms with Crippen LogP contribution < -0.4 is 5.32 Å². The lowest BCUT2D eigenvalue weighted by Crippen LogP contribution is -2.28. The number of rotatable bonds is 6. The van der Waals surface area contributed by atoms with Gasteiger partial charge in [-0.3, -0.25) is 4.68 Å². The first-order valence-electron chi connectivity index (χ1n) is 13.8. The first-order valence-corrected chi connectivity index (χ1v) is 15.0. The summed E-state index contributed by atoms with van der Waals surface area (Å²) in [5.41, 5.74) is 6.54. The van der Waals surface area contributed by atoms with Gasteiger partial charge in [0.15, 0.2) is 6.10 Å². The standard InChI is InChI=1S/C32H33ClN4O3S/c1-17-14-23-29(26(18-6-9-21(33)10-7-18)25(17)28(31(38)39)40-32(2,3)4)41-30(35-23)19-8-11-24-22(15-19)27(36-37(24)5)20-12-13-34-16-20/h6-11,14-15,20,28,34H,12-13,16H2,1-5H3,(H,38,39)/t20?,28-/m0/s1. The molecule has 7 nitrogen and oxygen atoms in total. The Morgan fingerprint density at radius 3 is 2.56 bits per heavy atom. The number of carbonyl (C=O) groups is 1. The van der Waals surface area contributed by atoms with Crippen molar-refractivity contribution in [1.29, 1.82) is 0 Å². The summed E-state index contributed by atoms with van der Waals surface area (Å²) in [6, 6.07) is 15.9. The second-order valence-corrected chi connectivity index (χ2v) is 13.2. The monoisotopic (exact) mass is 588 g/mol. The third-order valence-electron chi connectivity index (χ3n) is 7.59. The molecule has 41 heavy (non-hydrogen) atoms. The predicted molar refractivity (Wildman–Crippen MR) is 166 cm³/mol. The number of thiazole rings is 1. The molecule has 2 N–H and O–H groups in total. The van der Waals surface area contributed by atoms with Crippen molar-refractivity contribution < 1.29 is 14.6 Å². The Morgan fingerprint density at radius 2 is 1.90 bits per heavy atom. The number of nitrogens with one attached hydrogen (secondary N) is 1. The molecule has 3 aromatic carbocycles. The quantitative estimate of drug-likeness (QED) is 0.213. The van der Waals surface area contributed by atoms with Gasteiger partial charge in [0.25, 0.3) is 0 Å². The fourth-order valence-electron chi connectivity index (χ4n) is 5.78. The van der Waals surface area contributed by atoms with Gasteiger partial charge < -0.3 is 15.2 Å². The van der Waals surface area contributed by atoms with Crippen molar-refractivity contribution in [3.8, 4) is 21.7 Å². The number of aryl methyl sites for hydroxylation is 2.